The van der Waals surface area contributed by atoms with Crippen molar-refractivity contribution in [2.24, 2.45) is 12.8 Å². The Kier molecular flexibility index (Phi) is 4.13. The van der Waals surface area contributed by atoms with Crippen molar-refractivity contribution in [1.82, 2.24) is 9.78 Å². The van der Waals surface area contributed by atoms with Gasteiger partial charge in [-0.15, -0.1) is 0 Å². The molecule has 0 saturated carbocycles. The van der Waals surface area contributed by atoms with Gasteiger partial charge in [0.25, 0.3) is 0 Å². The molecule has 0 aliphatic rings. The molecule has 3 nitrogen and oxygen atoms in total. The summed E-state index contributed by atoms with van der Waals surface area (Å²) in [4.78, 5) is 0. The molecule has 0 atom stereocenters. The Hall–Kier alpha value is -1.82. The lowest BCUT2D eigenvalue weighted by Crippen LogP contribution is -2.06. The number of nitrogens with zero attached hydrogens (tertiary/aromatic N) is 2. The van der Waals surface area contributed by atoms with Crippen LogP contribution in [0.4, 0.5) is 13.2 Å². The molecule has 0 radical (unpaired) electrons. The van der Waals surface area contributed by atoms with E-state index in [4.69, 9.17) is 5.73 Å². The molecular weight excluding hydrogens is 267 g/mol. The Morgan fingerprint density at radius 2 is 2.05 bits per heavy atom. The summed E-state index contributed by atoms with van der Waals surface area (Å²) in [5.74, 6) is 0. The molecule has 0 fully saturated rings. The third kappa shape index (κ3) is 3.01. The van der Waals surface area contributed by atoms with E-state index in [1.54, 1.807) is 24.0 Å². The van der Waals surface area contributed by atoms with Crippen LogP contribution in [0, 0.1) is 0 Å². The monoisotopic (exact) mass is 283 g/mol. The van der Waals surface area contributed by atoms with E-state index in [0.717, 1.165) is 24.1 Å². The van der Waals surface area contributed by atoms with Gasteiger partial charge in [0.15, 0.2) is 0 Å². The molecule has 0 aliphatic heterocycles. The van der Waals surface area contributed by atoms with E-state index in [9.17, 15) is 13.2 Å². The molecular formula is C14H16F3N3. The summed E-state index contributed by atoms with van der Waals surface area (Å²) in [6.45, 7) is 0.539. The first-order valence-electron chi connectivity index (χ1n) is 6.32. The quantitative estimate of drug-likeness (QED) is 0.937. The molecule has 2 N–H and O–H groups in total. The van der Waals surface area contributed by atoms with Crippen molar-refractivity contribution in [3.05, 3.63) is 41.6 Å². The van der Waals surface area contributed by atoms with Gasteiger partial charge in [-0.2, -0.15) is 18.3 Å². The molecule has 0 amide bonds. The molecule has 2 rings (SSSR count). The summed E-state index contributed by atoms with van der Waals surface area (Å²) >= 11 is 0. The van der Waals surface area contributed by atoms with Crippen LogP contribution < -0.4 is 5.73 Å². The van der Waals surface area contributed by atoms with Gasteiger partial charge in [0, 0.05) is 12.6 Å². The summed E-state index contributed by atoms with van der Waals surface area (Å²) in [7, 11) is 1.72. The number of hydrogen-bond acceptors (Lipinski definition) is 2. The van der Waals surface area contributed by atoms with Gasteiger partial charge in [-0.3, -0.25) is 4.68 Å². The van der Waals surface area contributed by atoms with Crippen molar-refractivity contribution in [1.29, 1.82) is 0 Å². The molecule has 0 spiro atoms. The Balaban J connectivity index is 2.43. The summed E-state index contributed by atoms with van der Waals surface area (Å²) < 4.78 is 39.9. The first kappa shape index (κ1) is 14.6. The third-order valence-corrected chi connectivity index (χ3v) is 3.13. The van der Waals surface area contributed by atoms with Crippen molar-refractivity contribution in [3.63, 3.8) is 0 Å². The number of nitrogens with two attached hydrogens (primary N) is 1. The minimum absolute atomic E-state index is 0.520. The molecule has 1 aromatic heterocycles. The summed E-state index contributed by atoms with van der Waals surface area (Å²) in [6.07, 6.45) is -1.18. The second kappa shape index (κ2) is 5.66. The average molecular weight is 283 g/mol. The van der Waals surface area contributed by atoms with Crippen molar-refractivity contribution >= 4 is 0 Å². The van der Waals surface area contributed by atoms with Crippen molar-refractivity contribution in [2.45, 2.75) is 19.0 Å². The van der Waals surface area contributed by atoms with Gasteiger partial charge < -0.3 is 5.73 Å². The SMILES string of the molecule is Cn1ncc(CCCN)c1-c1cccc(C(F)(F)F)c1. The highest BCUT2D eigenvalue weighted by atomic mass is 19.4. The van der Waals surface area contributed by atoms with E-state index < -0.39 is 11.7 Å². The highest BCUT2D eigenvalue weighted by Gasteiger charge is 2.30. The minimum Gasteiger partial charge on any atom is -0.330 e. The van der Waals surface area contributed by atoms with Gasteiger partial charge in [0.2, 0.25) is 0 Å². The summed E-state index contributed by atoms with van der Waals surface area (Å²) in [6, 6.07) is 5.30. The molecule has 20 heavy (non-hydrogen) atoms. The normalized spacial score (nSPS) is 11.8. The van der Waals surface area contributed by atoms with Crippen molar-refractivity contribution < 1.29 is 13.2 Å². The molecule has 1 heterocycles. The first-order chi connectivity index (χ1) is 9.43. The molecule has 6 heteroatoms. The van der Waals surface area contributed by atoms with Crippen LogP contribution >= 0.6 is 0 Å². The lowest BCUT2D eigenvalue weighted by molar-refractivity contribution is -0.137. The second-order valence-electron chi connectivity index (χ2n) is 4.61. The van der Waals surface area contributed by atoms with E-state index >= 15 is 0 Å². The number of rotatable bonds is 4. The van der Waals surface area contributed by atoms with Crippen LogP contribution in [0.1, 0.15) is 17.5 Å². The van der Waals surface area contributed by atoms with E-state index in [0.29, 0.717) is 24.2 Å². The number of aryl methyl sites for hydroxylation is 2. The summed E-state index contributed by atoms with van der Waals surface area (Å²) in [5.41, 5.74) is 6.97. The van der Waals surface area contributed by atoms with Gasteiger partial charge in [0.1, 0.15) is 0 Å². The Labute approximate surface area is 115 Å². The second-order valence-corrected chi connectivity index (χ2v) is 4.61. The van der Waals surface area contributed by atoms with Crippen molar-refractivity contribution in [3.8, 4) is 11.3 Å². The summed E-state index contributed by atoms with van der Waals surface area (Å²) in [5, 5.41) is 4.13. The molecule has 0 aliphatic carbocycles. The van der Waals surface area contributed by atoms with Crippen LogP contribution in [-0.4, -0.2) is 16.3 Å². The predicted molar refractivity (Wildman–Crippen MR) is 71.0 cm³/mol. The zero-order valence-corrected chi connectivity index (χ0v) is 11.1. The lowest BCUT2D eigenvalue weighted by atomic mass is 10.0. The molecule has 0 bridgehead atoms. The average Bonchev–Trinajstić information content (AvgIpc) is 2.76. The maximum Gasteiger partial charge on any atom is 0.416 e. The molecule has 2 aromatic rings. The van der Waals surface area contributed by atoms with Crippen LogP contribution in [0.3, 0.4) is 0 Å². The number of aromatic nitrogens is 2. The van der Waals surface area contributed by atoms with E-state index in [1.807, 2.05) is 0 Å². The van der Waals surface area contributed by atoms with Gasteiger partial charge >= 0.3 is 6.18 Å². The first-order valence-corrected chi connectivity index (χ1v) is 6.32. The minimum atomic E-state index is -4.34. The van der Waals surface area contributed by atoms with Gasteiger partial charge in [0.05, 0.1) is 17.5 Å². The zero-order valence-electron chi connectivity index (χ0n) is 11.1. The molecule has 1 aromatic carbocycles. The number of alkyl halides is 3. The number of halogens is 3. The fourth-order valence-corrected chi connectivity index (χ4v) is 2.17. The topological polar surface area (TPSA) is 43.8 Å². The maximum absolute atomic E-state index is 12.8. The standard InChI is InChI=1S/C14H16F3N3/c1-20-13(11(9-19-20)5-3-7-18)10-4-2-6-12(8-10)14(15,16)17/h2,4,6,8-9H,3,5,7,18H2,1H3. The van der Waals surface area contributed by atoms with Crippen molar-refractivity contribution in [2.75, 3.05) is 6.54 Å². The highest BCUT2D eigenvalue weighted by Crippen LogP contribution is 2.33. The Morgan fingerprint density at radius 1 is 1.30 bits per heavy atom. The Morgan fingerprint density at radius 3 is 2.70 bits per heavy atom. The van der Waals surface area contributed by atoms with E-state index in [1.165, 1.54) is 6.07 Å². The van der Waals surface area contributed by atoms with E-state index in [-0.39, 0.29) is 0 Å². The number of benzene rings is 1. The molecule has 0 saturated heterocycles. The van der Waals surface area contributed by atoms with Gasteiger partial charge in [-0.1, -0.05) is 12.1 Å². The fraction of sp³-hybridized carbons (Fsp3) is 0.357. The highest BCUT2D eigenvalue weighted by molar-refractivity contribution is 5.64. The maximum atomic E-state index is 12.8. The Bertz CT molecular complexity index is 588. The molecule has 108 valence electrons. The van der Waals surface area contributed by atoms with Gasteiger partial charge in [-0.25, -0.2) is 0 Å². The van der Waals surface area contributed by atoms with E-state index in [2.05, 4.69) is 5.10 Å². The van der Waals surface area contributed by atoms with Gasteiger partial charge in [-0.05, 0) is 37.1 Å². The largest absolute Gasteiger partial charge is 0.416 e. The number of hydrogen-bond donors (Lipinski definition) is 1. The third-order valence-electron chi connectivity index (χ3n) is 3.13. The van der Waals surface area contributed by atoms with Crippen LogP contribution in [0.25, 0.3) is 11.3 Å². The van der Waals surface area contributed by atoms with Crippen LogP contribution in [-0.2, 0) is 19.6 Å². The zero-order chi connectivity index (χ0) is 14.8. The fourth-order valence-electron chi connectivity index (χ4n) is 2.17. The van der Waals surface area contributed by atoms with Crippen LogP contribution in [0.5, 0.6) is 0 Å². The van der Waals surface area contributed by atoms with Crippen LogP contribution in [0.15, 0.2) is 30.5 Å². The predicted octanol–water partition coefficient (Wildman–Crippen LogP) is 3.00. The smallest absolute Gasteiger partial charge is 0.330 e. The van der Waals surface area contributed by atoms with Crippen LogP contribution in [0.2, 0.25) is 0 Å². The lowest BCUT2D eigenvalue weighted by Gasteiger charge is -2.10. The molecule has 0 unspecified atom stereocenters.